The fourth-order valence-electron chi connectivity index (χ4n) is 3.02. The summed E-state index contributed by atoms with van der Waals surface area (Å²) < 4.78 is 5.15. The van der Waals surface area contributed by atoms with Gasteiger partial charge in [-0.15, -0.1) is 11.3 Å². The molecule has 7 heteroatoms. The Kier molecular flexibility index (Phi) is 5.41. The van der Waals surface area contributed by atoms with Crippen LogP contribution in [0.5, 0.6) is 0 Å². The molecule has 0 aliphatic heterocycles. The second kappa shape index (κ2) is 7.75. The van der Waals surface area contributed by atoms with Crippen molar-refractivity contribution in [2.75, 3.05) is 11.9 Å². The van der Waals surface area contributed by atoms with E-state index in [4.69, 9.17) is 4.74 Å². The molecule has 0 atom stereocenters. The minimum atomic E-state index is -0.479. The van der Waals surface area contributed by atoms with Crippen molar-refractivity contribution in [3.8, 4) is 0 Å². The molecule has 0 radical (unpaired) electrons. The number of nitrogens with one attached hydrogen (secondary N) is 2. The van der Waals surface area contributed by atoms with Gasteiger partial charge in [-0.1, -0.05) is 25.1 Å². The van der Waals surface area contributed by atoms with Crippen molar-refractivity contribution in [1.82, 2.24) is 4.98 Å². The molecule has 1 aromatic carbocycles. The van der Waals surface area contributed by atoms with Crippen molar-refractivity contribution in [2.45, 2.75) is 27.2 Å². The second-order valence-electron chi connectivity index (χ2n) is 5.97. The molecule has 6 nitrogen and oxygen atoms in total. The predicted molar refractivity (Wildman–Crippen MR) is 107 cm³/mol. The molecule has 140 valence electrons. The van der Waals surface area contributed by atoms with Crippen LogP contribution in [-0.4, -0.2) is 23.5 Å². The maximum Gasteiger partial charge on any atom is 0.341 e. The Morgan fingerprint density at radius 3 is 2.67 bits per heavy atom. The first-order chi connectivity index (χ1) is 13.0. The number of H-pyrrole nitrogens is 1. The van der Waals surface area contributed by atoms with Crippen LogP contribution in [-0.2, 0) is 11.2 Å². The molecule has 0 aliphatic carbocycles. The van der Waals surface area contributed by atoms with Crippen molar-refractivity contribution in [2.24, 2.45) is 0 Å². The van der Waals surface area contributed by atoms with Crippen molar-refractivity contribution < 1.29 is 14.3 Å². The Morgan fingerprint density at radius 1 is 1.22 bits per heavy atom. The number of thiophene rings is 1. The Hall–Kier alpha value is -2.93. The van der Waals surface area contributed by atoms with E-state index in [1.165, 1.54) is 11.3 Å². The minimum absolute atomic E-state index is 0.137. The van der Waals surface area contributed by atoms with E-state index in [1.807, 2.05) is 13.8 Å². The summed E-state index contributed by atoms with van der Waals surface area (Å²) in [5.41, 5.74) is 1.05. The maximum absolute atomic E-state index is 12.7. The molecule has 27 heavy (non-hydrogen) atoms. The number of rotatable bonds is 5. The average Bonchev–Trinajstić information content (AvgIpc) is 2.96. The third-order valence-corrected chi connectivity index (χ3v) is 5.33. The Bertz CT molecular complexity index is 1080. The van der Waals surface area contributed by atoms with E-state index in [0.29, 0.717) is 27.8 Å². The number of benzene rings is 1. The number of carbonyl (C=O) groups excluding carboxylic acids is 2. The van der Waals surface area contributed by atoms with Crippen LogP contribution in [0.15, 0.2) is 35.1 Å². The first-order valence-electron chi connectivity index (χ1n) is 8.69. The monoisotopic (exact) mass is 384 g/mol. The molecule has 0 aliphatic rings. The smallest absolute Gasteiger partial charge is 0.341 e. The van der Waals surface area contributed by atoms with Gasteiger partial charge in [-0.25, -0.2) is 4.79 Å². The summed E-state index contributed by atoms with van der Waals surface area (Å²) in [6.45, 7) is 5.84. The SMILES string of the molecule is CCOC(=O)c1c(NC(=O)c2cc3ccccc3c(=O)[nH]2)sc(C)c1CC. The Labute approximate surface area is 160 Å². The van der Waals surface area contributed by atoms with Crippen molar-refractivity contribution >= 4 is 39.0 Å². The van der Waals surface area contributed by atoms with Crippen LogP contribution in [0, 0.1) is 6.92 Å². The van der Waals surface area contributed by atoms with Gasteiger partial charge in [0.2, 0.25) is 0 Å². The third-order valence-electron chi connectivity index (χ3n) is 4.27. The van der Waals surface area contributed by atoms with Gasteiger partial charge in [0.15, 0.2) is 0 Å². The van der Waals surface area contributed by atoms with E-state index in [1.54, 1.807) is 37.3 Å². The third kappa shape index (κ3) is 3.64. The number of aromatic nitrogens is 1. The molecule has 1 amide bonds. The number of aryl methyl sites for hydroxylation is 1. The lowest BCUT2D eigenvalue weighted by Crippen LogP contribution is -2.20. The van der Waals surface area contributed by atoms with Crippen LogP contribution in [0.2, 0.25) is 0 Å². The number of esters is 1. The molecule has 3 rings (SSSR count). The summed E-state index contributed by atoms with van der Waals surface area (Å²) in [5, 5.41) is 4.38. The molecule has 0 saturated heterocycles. The molecular formula is C20H20N2O4S. The van der Waals surface area contributed by atoms with Gasteiger partial charge >= 0.3 is 5.97 Å². The van der Waals surface area contributed by atoms with Gasteiger partial charge < -0.3 is 15.0 Å². The molecule has 3 aromatic rings. The number of aromatic amines is 1. The van der Waals surface area contributed by atoms with Crippen molar-refractivity contribution in [1.29, 1.82) is 0 Å². The van der Waals surface area contributed by atoms with Crippen LogP contribution in [0.25, 0.3) is 10.8 Å². The molecule has 0 fully saturated rings. The Morgan fingerprint density at radius 2 is 1.96 bits per heavy atom. The van der Waals surface area contributed by atoms with E-state index in [0.717, 1.165) is 10.4 Å². The van der Waals surface area contributed by atoms with Gasteiger partial charge in [0.25, 0.3) is 11.5 Å². The molecular weight excluding hydrogens is 364 g/mol. The highest BCUT2D eigenvalue weighted by molar-refractivity contribution is 7.16. The molecule has 2 heterocycles. The van der Waals surface area contributed by atoms with Crippen molar-refractivity contribution in [3.05, 3.63) is 62.4 Å². The van der Waals surface area contributed by atoms with Gasteiger partial charge in [0, 0.05) is 10.3 Å². The molecule has 2 aromatic heterocycles. The normalized spacial score (nSPS) is 10.8. The molecule has 0 bridgehead atoms. The van der Waals surface area contributed by atoms with E-state index < -0.39 is 11.9 Å². The van der Waals surface area contributed by atoms with Crippen molar-refractivity contribution in [3.63, 3.8) is 0 Å². The molecule has 0 spiro atoms. The fraction of sp³-hybridized carbons (Fsp3) is 0.250. The van der Waals surface area contributed by atoms with Gasteiger partial charge in [-0.3, -0.25) is 9.59 Å². The highest BCUT2D eigenvalue weighted by Gasteiger charge is 2.24. The zero-order valence-electron chi connectivity index (χ0n) is 15.3. The second-order valence-corrected chi connectivity index (χ2v) is 7.19. The summed E-state index contributed by atoms with van der Waals surface area (Å²) in [6, 6.07) is 8.67. The lowest BCUT2D eigenvalue weighted by Gasteiger charge is -2.08. The van der Waals surface area contributed by atoms with Gasteiger partial charge in [0.1, 0.15) is 10.7 Å². The standard InChI is InChI=1S/C20H20N2O4S/c1-4-13-11(3)27-19(16(13)20(25)26-5-2)22-18(24)15-10-12-8-6-7-9-14(12)17(23)21-15/h6-10H,4-5H2,1-3H3,(H,21,23)(H,22,24). The number of pyridine rings is 1. The molecule has 0 saturated carbocycles. The van der Waals surface area contributed by atoms with E-state index in [-0.39, 0.29) is 17.9 Å². The summed E-state index contributed by atoms with van der Waals surface area (Å²) >= 11 is 1.33. The van der Waals surface area contributed by atoms with Gasteiger partial charge in [-0.05, 0) is 43.4 Å². The number of hydrogen-bond acceptors (Lipinski definition) is 5. The lowest BCUT2D eigenvalue weighted by atomic mass is 10.1. The summed E-state index contributed by atoms with van der Waals surface area (Å²) in [4.78, 5) is 40.9. The number of ether oxygens (including phenoxy) is 1. The first-order valence-corrected chi connectivity index (χ1v) is 9.50. The predicted octanol–water partition coefficient (Wildman–Crippen LogP) is 3.89. The van der Waals surface area contributed by atoms with Crippen LogP contribution in [0.4, 0.5) is 5.00 Å². The highest BCUT2D eigenvalue weighted by atomic mass is 32.1. The van der Waals surface area contributed by atoms with E-state index in [2.05, 4.69) is 10.3 Å². The highest BCUT2D eigenvalue weighted by Crippen LogP contribution is 2.34. The Balaban J connectivity index is 1.99. The van der Waals surface area contributed by atoms with Crippen LogP contribution < -0.4 is 10.9 Å². The molecule has 0 unspecified atom stereocenters. The zero-order valence-corrected chi connectivity index (χ0v) is 16.2. The van der Waals surface area contributed by atoms with E-state index >= 15 is 0 Å². The van der Waals surface area contributed by atoms with Crippen LogP contribution in [0.3, 0.4) is 0 Å². The van der Waals surface area contributed by atoms with Crippen LogP contribution >= 0.6 is 11.3 Å². The number of amides is 1. The van der Waals surface area contributed by atoms with E-state index in [9.17, 15) is 14.4 Å². The van der Waals surface area contributed by atoms with Gasteiger partial charge in [-0.2, -0.15) is 0 Å². The minimum Gasteiger partial charge on any atom is -0.462 e. The quantitative estimate of drug-likeness (QED) is 0.653. The van der Waals surface area contributed by atoms with Crippen LogP contribution in [0.1, 0.15) is 45.1 Å². The molecule has 2 N–H and O–H groups in total. The topological polar surface area (TPSA) is 88.3 Å². The summed E-state index contributed by atoms with van der Waals surface area (Å²) in [5.74, 6) is -0.937. The average molecular weight is 384 g/mol. The number of carbonyl (C=O) groups is 2. The largest absolute Gasteiger partial charge is 0.462 e. The maximum atomic E-state index is 12.7. The zero-order chi connectivity index (χ0) is 19.6. The fourth-order valence-corrected chi connectivity index (χ4v) is 4.14. The number of anilines is 1. The first kappa shape index (κ1) is 18.8. The summed E-state index contributed by atoms with van der Waals surface area (Å²) in [7, 11) is 0. The summed E-state index contributed by atoms with van der Waals surface area (Å²) in [6.07, 6.45) is 0.652. The number of hydrogen-bond donors (Lipinski definition) is 2. The number of fused-ring (bicyclic) bond motifs is 1. The van der Waals surface area contributed by atoms with Gasteiger partial charge in [0.05, 0.1) is 12.2 Å². The lowest BCUT2D eigenvalue weighted by molar-refractivity contribution is 0.0527.